The molecule has 0 aromatic heterocycles. The predicted molar refractivity (Wildman–Crippen MR) is 143 cm³/mol. The van der Waals surface area contributed by atoms with E-state index in [1.54, 1.807) is 24.3 Å². The Morgan fingerprint density at radius 2 is 1.24 bits per heavy atom. The van der Waals surface area contributed by atoms with E-state index in [0.29, 0.717) is 16.7 Å². The van der Waals surface area contributed by atoms with Crippen molar-refractivity contribution in [2.45, 2.75) is 18.0 Å². The molecule has 178 valence electrons. The van der Waals surface area contributed by atoms with Crippen LogP contribution in [0.4, 0.5) is 5.69 Å². The first kappa shape index (κ1) is 21.7. The average molecular weight is 482 g/mol. The Hall–Kier alpha value is -4.57. The van der Waals surface area contributed by atoms with E-state index in [1.807, 2.05) is 102 Å². The lowest BCUT2D eigenvalue weighted by molar-refractivity contribution is 0.0666. The Kier molecular flexibility index (Phi) is 4.67. The molecule has 2 heterocycles. The highest BCUT2D eigenvalue weighted by Gasteiger charge is 2.71. The third-order valence-corrected chi connectivity index (χ3v) is 8.20. The highest BCUT2D eigenvalue weighted by Crippen LogP contribution is 2.60. The van der Waals surface area contributed by atoms with Crippen LogP contribution in [0.15, 0.2) is 115 Å². The lowest BCUT2D eigenvalue weighted by Crippen LogP contribution is -2.48. The number of benzene rings is 4. The van der Waals surface area contributed by atoms with E-state index in [-0.39, 0.29) is 17.3 Å². The van der Waals surface area contributed by atoms with Crippen molar-refractivity contribution < 1.29 is 14.4 Å². The summed E-state index contributed by atoms with van der Waals surface area (Å²) in [6.07, 6.45) is 3.94. The third kappa shape index (κ3) is 2.81. The smallest absolute Gasteiger partial charge is 0.185 e. The molecule has 4 heteroatoms. The summed E-state index contributed by atoms with van der Waals surface area (Å²) in [5, 5.41) is 0. The maximum Gasteiger partial charge on any atom is 0.185 e. The van der Waals surface area contributed by atoms with E-state index < -0.39 is 23.4 Å². The van der Waals surface area contributed by atoms with Crippen molar-refractivity contribution in [3.05, 3.63) is 143 Å². The summed E-state index contributed by atoms with van der Waals surface area (Å²) in [6.45, 7) is 0. The zero-order chi connectivity index (χ0) is 25.1. The summed E-state index contributed by atoms with van der Waals surface area (Å²) in [6, 6.07) is 32.4. The standard InChI is InChI=1S/C33H23NO3/c35-30(23-14-5-2-6-15-23)29-28(22-12-3-1-4-13-22)33(31(36)24-16-8-9-17-25(24)32(33)37)27-20-19-21-11-7-10-18-26(21)34(27)29/h1-20,27-29H/t27?,28-,29+/m0/s1. The molecule has 7 rings (SSSR count). The summed E-state index contributed by atoms with van der Waals surface area (Å²) in [5.74, 6) is -1.18. The second kappa shape index (κ2) is 7.97. The van der Waals surface area contributed by atoms with Crippen LogP contribution in [0.5, 0.6) is 0 Å². The molecule has 4 aromatic rings. The van der Waals surface area contributed by atoms with Crippen LogP contribution < -0.4 is 4.90 Å². The van der Waals surface area contributed by atoms with Crippen LogP contribution in [0.25, 0.3) is 6.08 Å². The second-order valence-corrected chi connectivity index (χ2v) is 9.91. The van der Waals surface area contributed by atoms with Crippen LogP contribution in [0.2, 0.25) is 0 Å². The van der Waals surface area contributed by atoms with Gasteiger partial charge in [-0.15, -0.1) is 0 Å². The fourth-order valence-corrected chi connectivity index (χ4v) is 6.72. The Balaban J connectivity index is 1.56. The average Bonchev–Trinajstić information content (AvgIpc) is 3.40. The van der Waals surface area contributed by atoms with Gasteiger partial charge in [0.25, 0.3) is 0 Å². The van der Waals surface area contributed by atoms with Gasteiger partial charge in [-0.25, -0.2) is 0 Å². The normalized spacial score (nSPS) is 22.6. The largest absolute Gasteiger partial charge is 0.352 e. The minimum atomic E-state index is -1.45. The van der Waals surface area contributed by atoms with Gasteiger partial charge in [-0.1, -0.05) is 115 Å². The van der Waals surface area contributed by atoms with Crippen molar-refractivity contribution in [3.63, 3.8) is 0 Å². The number of carbonyl (C=O) groups is 3. The minimum Gasteiger partial charge on any atom is -0.352 e. The van der Waals surface area contributed by atoms with Gasteiger partial charge in [0.1, 0.15) is 11.5 Å². The van der Waals surface area contributed by atoms with Crippen LogP contribution in [-0.4, -0.2) is 29.4 Å². The summed E-state index contributed by atoms with van der Waals surface area (Å²) in [5.41, 5.74) is 2.62. The first-order valence-corrected chi connectivity index (χ1v) is 12.5. The van der Waals surface area contributed by atoms with Crippen LogP contribution in [-0.2, 0) is 0 Å². The fraction of sp³-hybridized carbons (Fsp3) is 0.121. The van der Waals surface area contributed by atoms with Gasteiger partial charge in [-0.2, -0.15) is 0 Å². The molecular formula is C33H23NO3. The van der Waals surface area contributed by atoms with E-state index in [1.165, 1.54) is 0 Å². The molecule has 0 saturated carbocycles. The number of hydrogen-bond donors (Lipinski definition) is 0. The molecule has 37 heavy (non-hydrogen) atoms. The van der Waals surface area contributed by atoms with Gasteiger partial charge in [0, 0.05) is 28.3 Å². The molecule has 1 saturated heterocycles. The van der Waals surface area contributed by atoms with Crippen molar-refractivity contribution in [1.29, 1.82) is 0 Å². The Morgan fingerprint density at radius 3 is 1.92 bits per heavy atom. The molecule has 1 fully saturated rings. The summed E-state index contributed by atoms with van der Waals surface area (Å²) in [4.78, 5) is 45.5. The number of Topliss-reactive ketones (excluding diaryl/α,β-unsaturated/α-hetero) is 3. The SMILES string of the molecule is O=C(c1ccccc1)[C@H]1[C@H](c2ccccc2)C2(C(=O)c3ccccc3C2=O)C2C=Cc3ccccc3N21. The van der Waals surface area contributed by atoms with Gasteiger partial charge in [0.05, 0.1) is 6.04 Å². The number of hydrogen-bond acceptors (Lipinski definition) is 4. The molecule has 3 aliphatic rings. The van der Waals surface area contributed by atoms with Crippen molar-refractivity contribution in [1.82, 2.24) is 0 Å². The molecule has 0 N–H and O–H groups in total. The number of fused-ring (bicyclic) bond motifs is 5. The van der Waals surface area contributed by atoms with Crippen LogP contribution >= 0.6 is 0 Å². The predicted octanol–water partition coefficient (Wildman–Crippen LogP) is 6.00. The molecule has 0 bridgehead atoms. The Morgan fingerprint density at radius 1 is 0.676 bits per heavy atom. The quantitative estimate of drug-likeness (QED) is 0.266. The van der Waals surface area contributed by atoms with Crippen LogP contribution in [0.3, 0.4) is 0 Å². The zero-order valence-corrected chi connectivity index (χ0v) is 20.0. The summed E-state index contributed by atoms with van der Waals surface area (Å²) < 4.78 is 0. The molecule has 3 atom stereocenters. The van der Waals surface area contributed by atoms with Crippen molar-refractivity contribution in [2.24, 2.45) is 5.41 Å². The molecule has 1 unspecified atom stereocenters. The number of ketones is 3. The molecule has 0 radical (unpaired) electrons. The zero-order valence-electron chi connectivity index (χ0n) is 20.0. The number of rotatable bonds is 3. The number of para-hydroxylation sites is 1. The number of carbonyl (C=O) groups excluding carboxylic acids is 3. The number of anilines is 1. The molecule has 1 aliphatic carbocycles. The molecule has 4 aromatic carbocycles. The van der Waals surface area contributed by atoms with Crippen LogP contribution in [0, 0.1) is 5.41 Å². The second-order valence-electron chi connectivity index (χ2n) is 9.91. The van der Waals surface area contributed by atoms with E-state index >= 15 is 0 Å². The highest BCUT2D eigenvalue weighted by atomic mass is 16.2. The van der Waals surface area contributed by atoms with Gasteiger partial charge in [0.2, 0.25) is 0 Å². The summed E-state index contributed by atoms with van der Waals surface area (Å²) >= 11 is 0. The topological polar surface area (TPSA) is 54.5 Å². The minimum absolute atomic E-state index is 0.0991. The third-order valence-electron chi connectivity index (χ3n) is 8.20. The Bertz CT molecular complexity index is 1570. The van der Waals surface area contributed by atoms with Gasteiger partial charge in [0.15, 0.2) is 17.3 Å². The van der Waals surface area contributed by atoms with Crippen molar-refractivity contribution >= 4 is 29.1 Å². The molecule has 1 spiro atoms. The maximum atomic E-state index is 14.5. The van der Waals surface area contributed by atoms with Gasteiger partial charge in [-0.3, -0.25) is 14.4 Å². The fourth-order valence-electron chi connectivity index (χ4n) is 6.72. The van der Waals surface area contributed by atoms with Crippen LogP contribution in [0.1, 0.15) is 48.1 Å². The van der Waals surface area contributed by atoms with Gasteiger partial charge < -0.3 is 4.90 Å². The van der Waals surface area contributed by atoms with E-state index in [2.05, 4.69) is 0 Å². The van der Waals surface area contributed by atoms with E-state index in [9.17, 15) is 14.4 Å². The van der Waals surface area contributed by atoms with E-state index in [4.69, 9.17) is 0 Å². The maximum absolute atomic E-state index is 14.5. The lowest BCUT2D eigenvalue weighted by atomic mass is 9.64. The number of nitrogens with zero attached hydrogens (tertiary/aromatic N) is 1. The Labute approximate surface area is 214 Å². The molecule has 2 aliphatic heterocycles. The van der Waals surface area contributed by atoms with Crippen molar-refractivity contribution in [2.75, 3.05) is 4.90 Å². The van der Waals surface area contributed by atoms with Gasteiger partial charge in [-0.05, 0) is 17.2 Å². The first-order valence-electron chi connectivity index (χ1n) is 12.5. The summed E-state index contributed by atoms with van der Waals surface area (Å²) in [7, 11) is 0. The molecule has 4 nitrogen and oxygen atoms in total. The van der Waals surface area contributed by atoms with E-state index in [0.717, 1.165) is 16.8 Å². The molecule has 0 amide bonds. The first-order chi connectivity index (χ1) is 18.1. The monoisotopic (exact) mass is 481 g/mol. The van der Waals surface area contributed by atoms with Crippen molar-refractivity contribution in [3.8, 4) is 0 Å². The molecular weight excluding hydrogens is 458 g/mol. The highest BCUT2D eigenvalue weighted by molar-refractivity contribution is 6.32. The lowest BCUT2D eigenvalue weighted by Gasteiger charge is -2.37. The van der Waals surface area contributed by atoms with Gasteiger partial charge >= 0.3 is 0 Å².